The van der Waals surface area contributed by atoms with Gasteiger partial charge in [0, 0.05) is 13.2 Å². The van der Waals surface area contributed by atoms with Crippen molar-refractivity contribution in [3.8, 4) is 0 Å². The van der Waals surface area contributed by atoms with Gasteiger partial charge >= 0.3 is 0 Å². The number of benzene rings is 1. The number of aryl methyl sites for hydroxylation is 1. The van der Waals surface area contributed by atoms with E-state index in [1.807, 2.05) is 19.2 Å². The zero-order chi connectivity index (χ0) is 11.8. The number of rotatable bonds is 3. The highest BCUT2D eigenvalue weighted by Gasteiger charge is 2.44. The molecule has 88 valence electrons. The van der Waals surface area contributed by atoms with Crippen molar-refractivity contribution in [2.24, 2.45) is 13.0 Å². The third kappa shape index (κ3) is 1.87. The van der Waals surface area contributed by atoms with E-state index in [0.717, 1.165) is 12.1 Å². The molecule has 1 heterocycles. The van der Waals surface area contributed by atoms with Crippen LogP contribution in [0.3, 0.4) is 0 Å². The van der Waals surface area contributed by atoms with Crippen LogP contribution in [0.5, 0.6) is 0 Å². The molecule has 0 saturated heterocycles. The second kappa shape index (κ2) is 4.00. The lowest BCUT2D eigenvalue weighted by Gasteiger charge is -2.10. The van der Waals surface area contributed by atoms with Crippen LogP contribution in [-0.2, 0) is 7.05 Å². The Hall–Kier alpha value is -1.61. The highest BCUT2D eigenvalue weighted by atomic mass is 16.3. The van der Waals surface area contributed by atoms with Crippen LogP contribution in [0.1, 0.15) is 29.7 Å². The Labute approximate surface area is 101 Å². The molecule has 3 unspecified atom stereocenters. The first kappa shape index (κ1) is 10.5. The molecule has 3 rings (SSSR count). The van der Waals surface area contributed by atoms with Gasteiger partial charge in [-0.05, 0) is 29.9 Å². The molecule has 1 aromatic heterocycles. The molecule has 3 heteroatoms. The van der Waals surface area contributed by atoms with Crippen molar-refractivity contribution in [2.45, 2.75) is 18.4 Å². The zero-order valence-corrected chi connectivity index (χ0v) is 9.82. The Balaban J connectivity index is 1.75. The van der Waals surface area contributed by atoms with E-state index in [9.17, 15) is 5.11 Å². The molecule has 1 aromatic carbocycles. The van der Waals surface area contributed by atoms with Gasteiger partial charge in [-0.1, -0.05) is 30.3 Å². The first-order valence-electron chi connectivity index (χ1n) is 5.98. The monoisotopic (exact) mass is 228 g/mol. The molecular weight excluding hydrogens is 212 g/mol. The number of aliphatic hydroxyl groups excluding tert-OH is 1. The maximum Gasteiger partial charge on any atom is 0.0990 e. The van der Waals surface area contributed by atoms with E-state index in [-0.39, 0.29) is 0 Å². The Morgan fingerprint density at radius 3 is 2.71 bits per heavy atom. The van der Waals surface area contributed by atoms with Crippen molar-refractivity contribution in [3.05, 3.63) is 53.9 Å². The Kier molecular flexibility index (Phi) is 2.48. The smallest absolute Gasteiger partial charge is 0.0990 e. The Morgan fingerprint density at radius 1 is 1.29 bits per heavy atom. The van der Waals surface area contributed by atoms with E-state index < -0.39 is 6.10 Å². The molecule has 3 nitrogen and oxygen atoms in total. The van der Waals surface area contributed by atoms with Gasteiger partial charge in [0.05, 0.1) is 11.8 Å². The van der Waals surface area contributed by atoms with Gasteiger partial charge in [-0.2, -0.15) is 5.10 Å². The van der Waals surface area contributed by atoms with Crippen molar-refractivity contribution < 1.29 is 5.11 Å². The van der Waals surface area contributed by atoms with Gasteiger partial charge in [0.15, 0.2) is 0 Å². The molecule has 0 bridgehead atoms. The number of hydrogen-bond donors (Lipinski definition) is 1. The lowest BCUT2D eigenvalue weighted by atomic mass is 10.1. The first-order valence-corrected chi connectivity index (χ1v) is 5.98. The van der Waals surface area contributed by atoms with Crippen molar-refractivity contribution in [1.29, 1.82) is 0 Å². The molecule has 2 aromatic rings. The normalized spacial score (nSPS) is 24.6. The fraction of sp³-hybridized carbons (Fsp3) is 0.357. The molecule has 1 saturated carbocycles. The minimum atomic E-state index is -0.396. The summed E-state index contributed by atoms with van der Waals surface area (Å²) < 4.78 is 1.76. The summed E-state index contributed by atoms with van der Waals surface area (Å²) in [5, 5.41) is 14.4. The lowest BCUT2D eigenvalue weighted by Crippen LogP contribution is -2.07. The van der Waals surface area contributed by atoms with Gasteiger partial charge in [-0.15, -0.1) is 0 Å². The maximum absolute atomic E-state index is 10.3. The molecular formula is C14H16N2O. The predicted molar refractivity (Wildman–Crippen MR) is 65.5 cm³/mol. The molecule has 0 amide bonds. The van der Waals surface area contributed by atoms with E-state index in [2.05, 4.69) is 29.4 Å². The van der Waals surface area contributed by atoms with Crippen molar-refractivity contribution in [1.82, 2.24) is 9.78 Å². The fourth-order valence-corrected chi connectivity index (χ4v) is 2.54. The van der Waals surface area contributed by atoms with Crippen molar-refractivity contribution in [2.75, 3.05) is 0 Å². The van der Waals surface area contributed by atoms with Crippen LogP contribution in [0.15, 0.2) is 42.6 Å². The molecule has 1 fully saturated rings. The summed E-state index contributed by atoms with van der Waals surface area (Å²) in [7, 11) is 1.87. The van der Waals surface area contributed by atoms with E-state index in [0.29, 0.717) is 11.8 Å². The number of aromatic nitrogens is 2. The third-order valence-corrected chi connectivity index (χ3v) is 3.63. The average molecular weight is 228 g/mol. The van der Waals surface area contributed by atoms with E-state index in [4.69, 9.17) is 0 Å². The molecule has 0 radical (unpaired) electrons. The predicted octanol–water partition coefficient (Wildman–Crippen LogP) is 2.26. The van der Waals surface area contributed by atoms with Crippen LogP contribution in [0.4, 0.5) is 0 Å². The number of hydrogen-bond acceptors (Lipinski definition) is 2. The quantitative estimate of drug-likeness (QED) is 0.875. The second-order valence-electron chi connectivity index (χ2n) is 4.74. The standard InChI is InChI=1S/C14H16N2O/c1-16-13(7-8-15-16)14(17)12-9-11(12)10-5-3-2-4-6-10/h2-8,11-12,14,17H,9H2,1H3. The number of aliphatic hydroxyl groups is 1. The highest BCUT2D eigenvalue weighted by molar-refractivity contribution is 5.27. The van der Waals surface area contributed by atoms with E-state index in [1.165, 1.54) is 5.56 Å². The first-order chi connectivity index (χ1) is 8.27. The van der Waals surface area contributed by atoms with Crippen LogP contribution < -0.4 is 0 Å². The summed E-state index contributed by atoms with van der Waals surface area (Å²) in [6, 6.07) is 12.3. The van der Waals surface area contributed by atoms with E-state index >= 15 is 0 Å². The molecule has 0 spiro atoms. The van der Waals surface area contributed by atoms with Gasteiger partial charge in [-0.3, -0.25) is 4.68 Å². The van der Waals surface area contributed by atoms with Gasteiger partial charge in [0.1, 0.15) is 0 Å². The van der Waals surface area contributed by atoms with Crippen LogP contribution >= 0.6 is 0 Å². The minimum Gasteiger partial charge on any atom is -0.387 e. The summed E-state index contributed by atoms with van der Waals surface area (Å²) in [5.41, 5.74) is 2.24. The van der Waals surface area contributed by atoms with Crippen molar-refractivity contribution >= 4 is 0 Å². The summed E-state index contributed by atoms with van der Waals surface area (Å²) in [5.74, 6) is 0.842. The third-order valence-electron chi connectivity index (χ3n) is 3.63. The SMILES string of the molecule is Cn1nccc1C(O)C1CC1c1ccccc1. The summed E-state index contributed by atoms with van der Waals surface area (Å²) >= 11 is 0. The lowest BCUT2D eigenvalue weighted by molar-refractivity contribution is 0.142. The Morgan fingerprint density at radius 2 is 2.06 bits per heavy atom. The largest absolute Gasteiger partial charge is 0.387 e. The molecule has 1 aliphatic carbocycles. The average Bonchev–Trinajstić information content (AvgIpc) is 3.05. The molecule has 3 atom stereocenters. The molecule has 0 aliphatic heterocycles. The van der Waals surface area contributed by atoms with E-state index in [1.54, 1.807) is 10.9 Å². The van der Waals surface area contributed by atoms with Crippen LogP contribution in [0.25, 0.3) is 0 Å². The summed E-state index contributed by atoms with van der Waals surface area (Å²) in [6.45, 7) is 0. The maximum atomic E-state index is 10.3. The Bertz CT molecular complexity index is 506. The van der Waals surface area contributed by atoms with Gasteiger partial charge in [-0.25, -0.2) is 0 Å². The summed E-state index contributed by atoms with van der Waals surface area (Å²) in [6.07, 6.45) is 2.40. The fourth-order valence-electron chi connectivity index (χ4n) is 2.54. The number of nitrogens with zero attached hydrogens (tertiary/aromatic N) is 2. The minimum absolute atomic E-state index is 0.341. The molecule has 17 heavy (non-hydrogen) atoms. The van der Waals surface area contributed by atoms with Crippen LogP contribution in [-0.4, -0.2) is 14.9 Å². The van der Waals surface area contributed by atoms with Gasteiger partial charge in [0.25, 0.3) is 0 Å². The highest BCUT2D eigenvalue weighted by Crippen LogP contribution is 2.53. The van der Waals surface area contributed by atoms with Crippen LogP contribution in [0.2, 0.25) is 0 Å². The molecule has 1 N–H and O–H groups in total. The van der Waals surface area contributed by atoms with Crippen molar-refractivity contribution in [3.63, 3.8) is 0 Å². The summed E-state index contributed by atoms with van der Waals surface area (Å²) in [4.78, 5) is 0. The van der Waals surface area contributed by atoms with Gasteiger partial charge in [0.2, 0.25) is 0 Å². The zero-order valence-electron chi connectivity index (χ0n) is 9.82. The molecule has 1 aliphatic rings. The topological polar surface area (TPSA) is 38.0 Å². The second-order valence-corrected chi connectivity index (χ2v) is 4.74. The van der Waals surface area contributed by atoms with Crippen LogP contribution in [0, 0.1) is 5.92 Å². The van der Waals surface area contributed by atoms with Gasteiger partial charge < -0.3 is 5.11 Å².